The highest BCUT2D eigenvalue weighted by atomic mass is 35.5. The summed E-state index contributed by atoms with van der Waals surface area (Å²) in [6.45, 7) is 2.53. The number of carbonyl (C=O) groups is 2. The predicted molar refractivity (Wildman–Crippen MR) is 123 cm³/mol. The lowest BCUT2D eigenvalue weighted by Gasteiger charge is -2.15. The number of halogens is 2. The van der Waals surface area contributed by atoms with Crippen molar-refractivity contribution in [3.63, 3.8) is 0 Å². The second-order valence-corrected chi connectivity index (χ2v) is 8.50. The van der Waals surface area contributed by atoms with Crippen molar-refractivity contribution in [3.05, 3.63) is 52.5 Å². The minimum atomic E-state index is -0.550. The summed E-state index contributed by atoms with van der Waals surface area (Å²) in [7, 11) is 1.60. The van der Waals surface area contributed by atoms with Gasteiger partial charge < -0.3 is 10.1 Å². The number of aliphatic imine (C=N–C) groups is 1. The Morgan fingerprint density at radius 3 is 2.63 bits per heavy atom. The monoisotopic (exact) mass is 465 g/mol. The molecule has 0 bridgehead atoms. The van der Waals surface area contributed by atoms with Crippen molar-refractivity contribution in [3.8, 4) is 5.75 Å². The van der Waals surface area contributed by atoms with Crippen LogP contribution in [0.2, 0.25) is 10.0 Å². The molecule has 6 nitrogen and oxygen atoms in total. The number of nitrogens with zero attached hydrogens (tertiary/aromatic N) is 2. The molecule has 1 unspecified atom stereocenters. The number of nitrogens with one attached hydrogen (secondary N) is 1. The number of hydrogen-bond acceptors (Lipinski definition) is 5. The number of ether oxygens (including phenoxy) is 1. The van der Waals surface area contributed by atoms with Gasteiger partial charge in [-0.05, 0) is 42.8 Å². The van der Waals surface area contributed by atoms with Gasteiger partial charge in [0.25, 0.3) is 0 Å². The Hall–Kier alpha value is -2.22. The maximum Gasteiger partial charge on any atom is 0.242 e. The fourth-order valence-corrected chi connectivity index (χ4v) is 4.42. The molecule has 2 aromatic rings. The minimum absolute atomic E-state index is 0.00812. The first-order chi connectivity index (χ1) is 14.4. The fourth-order valence-electron chi connectivity index (χ4n) is 2.89. The molecular weight excluding hydrogens is 445 g/mol. The second-order valence-electron chi connectivity index (χ2n) is 6.54. The van der Waals surface area contributed by atoms with Gasteiger partial charge in [0, 0.05) is 13.0 Å². The van der Waals surface area contributed by atoms with Gasteiger partial charge in [-0.15, -0.1) is 0 Å². The summed E-state index contributed by atoms with van der Waals surface area (Å²) in [6, 6.07) is 12.3. The van der Waals surface area contributed by atoms with Gasteiger partial charge in [-0.25, -0.2) is 4.99 Å². The second kappa shape index (κ2) is 10.2. The van der Waals surface area contributed by atoms with Crippen molar-refractivity contribution in [1.29, 1.82) is 0 Å². The minimum Gasteiger partial charge on any atom is -0.497 e. The average molecular weight is 466 g/mol. The first-order valence-corrected chi connectivity index (χ1v) is 11.0. The van der Waals surface area contributed by atoms with E-state index in [4.69, 9.17) is 27.9 Å². The summed E-state index contributed by atoms with van der Waals surface area (Å²) in [6.07, 6.45) is 0.791. The van der Waals surface area contributed by atoms with Gasteiger partial charge in [-0.3, -0.25) is 14.5 Å². The van der Waals surface area contributed by atoms with Crippen molar-refractivity contribution < 1.29 is 14.3 Å². The zero-order valence-electron chi connectivity index (χ0n) is 16.5. The Kier molecular flexibility index (Phi) is 7.64. The molecule has 0 aliphatic carbocycles. The number of methoxy groups -OCH3 is 1. The molecule has 158 valence electrons. The highest BCUT2D eigenvalue weighted by molar-refractivity contribution is 8.15. The van der Waals surface area contributed by atoms with Crippen LogP contribution in [0.25, 0.3) is 0 Å². The van der Waals surface area contributed by atoms with Gasteiger partial charge in [0.05, 0.1) is 28.5 Å². The van der Waals surface area contributed by atoms with Crippen LogP contribution in [-0.2, 0) is 9.59 Å². The third-order valence-corrected chi connectivity index (χ3v) is 6.36. The topological polar surface area (TPSA) is 71.0 Å². The molecule has 0 spiro atoms. The maximum atomic E-state index is 12.9. The van der Waals surface area contributed by atoms with E-state index < -0.39 is 5.25 Å². The molecule has 30 heavy (non-hydrogen) atoms. The number of rotatable bonds is 7. The molecule has 1 saturated heterocycles. The number of amidine groups is 1. The van der Waals surface area contributed by atoms with E-state index >= 15 is 0 Å². The van der Waals surface area contributed by atoms with Crippen LogP contribution in [0.1, 0.15) is 19.8 Å². The quantitative estimate of drug-likeness (QED) is 0.596. The summed E-state index contributed by atoms with van der Waals surface area (Å²) in [5, 5.41) is 3.39. The van der Waals surface area contributed by atoms with E-state index in [2.05, 4.69) is 10.3 Å². The zero-order valence-corrected chi connectivity index (χ0v) is 18.9. The standard InChI is InChI=1S/C21H21Cl2N3O3S/c1-3-11-26-20(28)17(12-18(27)25-16-6-4-5-15(22)19(16)23)30-21(26)24-13-7-9-14(29-2)10-8-13/h4-10,17H,3,11-12H2,1-2H3,(H,25,27). The van der Waals surface area contributed by atoms with Crippen LogP contribution in [0, 0.1) is 0 Å². The van der Waals surface area contributed by atoms with Gasteiger partial charge >= 0.3 is 0 Å². The van der Waals surface area contributed by atoms with Crippen molar-refractivity contribution in [2.24, 2.45) is 4.99 Å². The number of anilines is 1. The Morgan fingerprint density at radius 2 is 1.97 bits per heavy atom. The predicted octanol–water partition coefficient (Wildman–Crippen LogP) is 5.37. The van der Waals surface area contributed by atoms with Crippen molar-refractivity contribution in [2.45, 2.75) is 25.0 Å². The van der Waals surface area contributed by atoms with E-state index in [0.29, 0.717) is 28.1 Å². The molecule has 0 radical (unpaired) electrons. The van der Waals surface area contributed by atoms with Crippen LogP contribution in [0.3, 0.4) is 0 Å². The van der Waals surface area contributed by atoms with Gasteiger partial charge in [-0.1, -0.05) is 48.0 Å². The van der Waals surface area contributed by atoms with Crippen LogP contribution in [0.5, 0.6) is 5.75 Å². The van der Waals surface area contributed by atoms with E-state index in [1.807, 2.05) is 31.2 Å². The highest BCUT2D eigenvalue weighted by Crippen LogP contribution is 2.33. The van der Waals surface area contributed by atoms with Crippen LogP contribution in [0.15, 0.2) is 47.5 Å². The van der Waals surface area contributed by atoms with Crippen LogP contribution in [0.4, 0.5) is 11.4 Å². The van der Waals surface area contributed by atoms with Gasteiger partial charge in [0.1, 0.15) is 11.0 Å². The molecule has 9 heteroatoms. The molecular formula is C21H21Cl2N3O3S. The molecule has 1 aliphatic rings. The lowest BCUT2D eigenvalue weighted by atomic mass is 10.2. The smallest absolute Gasteiger partial charge is 0.242 e. The highest BCUT2D eigenvalue weighted by Gasteiger charge is 2.38. The lowest BCUT2D eigenvalue weighted by molar-refractivity contribution is -0.128. The normalized spacial score (nSPS) is 17.5. The van der Waals surface area contributed by atoms with E-state index in [1.54, 1.807) is 30.2 Å². The molecule has 1 fully saturated rings. The first-order valence-electron chi connectivity index (χ1n) is 9.37. The summed E-state index contributed by atoms with van der Waals surface area (Å²) >= 11 is 13.4. The number of benzene rings is 2. The number of thioether (sulfide) groups is 1. The number of hydrogen-bond donors (Lipinski definition) is 1. The number of carbonyl (C=O) groups excluding carboxylic acids is 2. The molecule has 0 saturated carbocycles. The molecule has 0 aromatic heterocycles. The van der Waals surface area contributed by atoms with Crippen LogP contribution in [-0.4, -0.2) is 40.8 Å². The molecule has 2 aromatic carbocycles. The molecule has 1 N–H and O–H groups in total. The zero-order chi connectivity index (χ0) is 21.7. The summed E-state index contributed by atoms with van der Waals surface area (Å²) < 4.78 is 5.16. The molecule has 1 aliphatic heterocycles. The fraction of sp³-hybridized carbons (Fsp3) is 0.286. The van der Waals surface area contributed by atoms with Gasteiger partial charge in [0.15, 0.2) is 5.17 Å². The molecule has 1 heterocycles. The van der Waals surface area contributed by atoms with Gasteiger partial charge in [-0.2, -0.15) is 0 Å². The Labute approximate surface area is 189 Å². The third-order valence-electron chi connectivity index (χ3n) is 4.36. The maximum absolute atomic E-state index is 12.9. The Morgan fingerprint density at radius 1 is 1.23 bits per heavy atom. The van der Waals surface area contributed by atoms with Crippen molar-refractivity contribution in [1.82, 2.24) is 4.90 Å². The van der Waals surface area contributed by atoms with E-state index in [-0.39, 0.29) is 23.3 Å². The molecule has 1 atom stereocenters. The SMILES string of the molecule is CCCN1C(=O)C(CC(=O)Nc2cccc(Cl)c2Cl)SC1=Nc1ccc(OC)cc1. The summed E-state index contributed by atoms with van der Waals surface area (Å²) in [5.41, 5.74) is 1.13. The first kappa shape index (κ1) is 22.5. The van der Waals surface area contributed by atoms with E-state index in [9.17, 15) is 9.59 Å². The van der Waals surface area contributed by atoms with Crippen molar-refractivity contribution in [2.75, 3.05) is 19.0 Å². The Bertz CT molecular complexity index is 966. The summed E-state index contributed by atoms with van der Waals surface area (Å²) in [5.74, 6) is 0.294. The van der Waals surface area contributed by atoms with Crippen molar-refractivity contribution >= 4 is 63.3 Å². The van der Waals surface area contributed by atoms with Crippen LogP contribution >= 0.6 is 35.0 Å². The van der Waals surface area contributed by atoms with Gasteiger partial charge in [0.2, 0.25) is 11.8 Å². The lowest BCUT2D eigenvalue weighted by Crippen LogP contribution is -2.34. The summed E-state index contributed by atoms with van der Waals surface area (Å²) in [4.78, 5) is 31.7. The molecule has 2 amide bonds. The van der Waals surface area contributed by atoms with E-state index in [1.165, 1.54) is 11.8 Å². The average Bonchev–Trinajstić information content (AvgIpc) is 3.01. The van der Waals surface area contributed by atoms with E-state index in [0.717, 1.165) is 12.2 Å². The number of amides is 2. The Balaban J connectivity index is 1.73. The van der Waals surface area contributed by atoms with Crippen LogP contribution < -0.4 is 10.1 Å². The largest absolute Gasteiger partial charge is 0.497 e. The third kappa shape index (κ3) is 5.28. The molecule has 3 rings (SSSR count).